The number of carbonyl (C=O) groups is 1. The molecule has 0 saturated carbocycles. The average molecular weight is 191 g/mol. The number of aryl methyl sites for hydroxylation is 2. The van der Waals surface area contributed by atoms with Crippen LogP contribution in [0.3, 0.4) is 0 Å². The number of nitrogens with zero attached hydrogens (tertiary/aromatic N) is 1. The monoisotopic (exact) mass is 191 g/mol. The van der Waals surface area contributed by atoms with Crippen molar-refractivity contribution in [1.29, 1.82) is 0 Å². The van der Waals surface area contributed by atoms with Crippen LogP contribution in [-0.4, -0.2) is 10.9 Å². The van der Waals surface area contributed by atoms with Crippen molar-refractivity contribution in [3.8, 4) is 0 Å². The van der Waals surface area contributed by atoms with E-state index in [9.17, 15) is 9.18 Å². The van der Waals surface area contributed by atoms with Gasteiger partial charge in [0.15, 0.2) is 6.29 Å². The number of hydrogen-bond acceptors (Lipinski definition) is 1. The minimum Gasteiger partial charge on any atom is -0.339 e. The number of benzene rings is 1. The van der Waals surface area contributed by atoms with Crippen LogP contribution in [-0.2, 0) is 7.05 Å². The molecule has 0 unspecified atom stereocenters. The standard InChI is InChI=1S/C11H10FNO/c1-7-8-4-3-5-9(12)11(8)13(2)10(7)6-14/h3-6H,1-2H3. The van der Waals surface area contributed by atoms with Gasteiger partial charge in [-0.2, -0.15) is 0 Å². The minimum absolute atomic E-state index is 0.291. The summed E-state index contributed by atoms with van der Waals surface area (Å²) in [6.07, 6.45) is 0.759. The lowest BCUT2D eigenvalue weighted by Crippen LogP contribution is -1.96. The van der Waals surface area contributed by atoms with Crippen LogP contribution in [0.5, 0.6) is 0 Å². The van der Waals surface area contributed by atoms with Crippen LogP contribution in [0.1, 0.15) is 16.1 Å². The lowest BCUT2D eigenvalue weighted by molar-refractivity contribution is 0.111. The number of aromatic nitrogens is 1. The summed E-state index contributed by atoms with van der Waals surface area (Å²) < 4.78 is 15.0. The molecule has 0 radical (unpaired) electrons. The Bertz CT molecular complexity index is 513. The van der Waals surface area contributed by atoms with Crippen LogP contribution < -0.4 is 0 Å². The maximum atomic E-state index is 13.4. The van der Waals surface area contributed by atoms with Gasteiger partial charge in [-0.15, -0.1) is 0 Å². The number of carbonyl (C=O) groups excluding carboxylic acids is 1. The zero-order chi connectivity index (χ0) is 10.3. The van der Waals surface area contributed by atoms with Gasteiger partial charge in [0, 0.05) is 12.4 Å². The van der Waals surface area contributed by atoms with Crippen molar-refractivity contribution in [2.24, 2.45) is 7.05 Å². The van der Waals surface area contributed by atoms with Gasteiger partial charge in [-0.1, -0.05) is 12.1 Å². The predicted molar refractivity (Wildman–Crippen MR) is 53.0 cm³/mol. The number of rotatable bonds is 1. The molecule has 0 amide bonds. The molecule has 0 aliphatic carbocycles. The molecule has 0 aliphatic heterocycles. The van der Waals surface area contributed by atoms with Gasteiger partial charge in [0.25, 0.3) is 0 Å². The average Bonchev–Trinajstić information content (AvgIpc) is 2.41. The molecule has 0 bridgehead atoms. The van der Waals surface area contributed by atoms with Crippen LogP contribution in [0.15, 0.2) is 18.2 Å². The molecule has 0 fully saturated rings. The predicted octanol–water partition coefficient (Wildman–Crippen LogP) is 2.44. The highest BCUT2D eigenvalue weighted by Crippen LogP contribution is 2.25. The molecule has 3 heteroatoms. The Kier molecular flexibility index (Phi) is 1.88. The number of para-hydroxylation sites is 1. The van der Waals surface area contributed by atoms with Crippen molar-refractivity contribution in [2.75, 3.05) is 0 Å². The van der Waals surface area contributed by atoms with E-state index in [1.54, 1.807) is 17.7 Å². The Morgan fingerprint density at radius 1 is 1.43 bits per heavy atom. The maximum absolute atomic E-state index is 13.4. The van der Waals surface area contributed by atoms with Crippen molar-refractivity contribution < 1.29 is 9.18 Å². The van der Waals surface area contributed by atoms with E-state index in [1.165, 1.54) is 6.07 Å². The van der Waals surface area contributed by atoms with Crippen LogP contribution in [0, 0.1) is 12.7 Å². The van der Waals surface area contributed by atoms with Crippen molar-refractivity contribution in [3.05, 3.63) is 35.3 Å². The molecule has 14 heavy (non-hydrogen) atoms. The Morgan fingerprint density at radius 3 is 2.71 bits per heavy atom. The molecule has 2 nitrogen and oxygen atoms in total. The van der Waals surface area contributed by atoms with Crippen LogP contribution >= 0.6 is 0 Å². The molecule has 0 saturated heterocycles. The molecule has 0 aliphatic rings. The van der Waals surface area contributed by atoms with Gasteiger partial charge in [-0.05, 0) is 18.6 Å². The highest BCUT2D eigenvalue weighted by atomic mass is 19.1. The molecule has 1 aromatic carbocycles. The molecular weight excluding hydrogens is 181 g/mol. The van der Waals surface area contributed by atoms with E-state index in [4.69, 9.17) is 0 Å². The summed E-state index contributed by atoms with van der Waals surface area (Å²) in [5, 5.41) is 0.801. The second-order valence-corrected chi connectivity index (χ2v) is 3.32. The fourth-order valence-corrected chi connectivity index (χ4v) is 1.84. The second kappa shape index (κ2) is 2.94. The van der Waals surface area contributed by atoms with Crippen molar-refractivity contribution >= 4 is 17.2 Å². The van der Waals surface area contributed by atoms with E-state index in [0.29, 0.717) is 11.2 Å². The molecule has 0 atom stereocenters. The summed E-state index contributed by atoms with van der Waals surface area (Å²) in [5.74, 6) is -0.291. The van der Waals surface area contributed by atoms with Crippen LogP contribution in [0.4, 0.5) is 4.39 Å². The van der Waals surface area contributed by atoms with Crippen LogP contribution in [0.25, 0.3) is 10.9 Å². The zero-order valence-corrected chi connectivity index (χ0v) is 8.04. The Morgan fingerprint density at radius 2 is 2.14 bits per heavy atom. The SMILES string of the molecule is Cc1c(C=O)n(C)c2c(F)cccc12. The van der Waals surface area contributed by atoms with Crippen molar-refractivity contribution in [3.63, 3.8) is 0 Å². The van der Waals surface area contributed by atoms with Gasteiger partial charge in [0.1, 0.15) is 5.82 Å². The molecule has 2 rings (SSSR count). The zero-order valence-electron chi connectivity index (χ0n) is 8.04. The van der Waals surface area contributed by atoms with E-state index < -0.39 is 0 Å². The van der Waals surface area contributed by atoms with Gasteiger partial charge in [-0.3, -0.25) is 4.79 Å². The first-order valence-corrected chi connectivity index (χ1v) is 4.35. The minimum atomic E-state index is -0.291. The first-order valence-electron chi connectivity index (χ1n) is 4.35. The Labute approximate surface area is 81.0 Å². The first kappa shape index (κ1) is 8.94. The third kappa shape index (κ3) is 0.985. The molecule has 1 heterocycles. The number of aldehydes is 1. The van der Waals surface area contributed by atoms with Gasteiger partial charge >= 0.3 is 0 Å². The summed E-state index contributed by atoms with van der Waals surface area (Å²) in [5.41, 5.74) is 1.86. The molecule has 0 spiro atoms. The largest absolute Gasteiger partial charge is 0.339 e. The first-order chi connectivity index (χ1) is 6.66. The topological polar surface area (TPSA) is 22.0 Å². The molecule has 0 N–H and O–H groups in total. The van der Waals surface area contributed by atoms with Gasteiger partial charge < -0.3 is 4.57 Å². The van der Waals surface area contributed by atoms with Gasteiger partial charge in [0.2, 0.25) is 0 Å². The number of fused-ring (bicyclic) bond motifs is 1. The lowest BCUT2D eigenvalue weighted by atomic mass is 10.1. The highest BCUT2D eigenvalue weighted by molar-refractivity contribution is 5.93. The van der Waals surface area contributed by atoms with Crippen molar-refractivity contribution in [1.82, 2.24) is 4.57 Å². The summed E-state index contributed by atoms with van der Waals surface area (Å²) >= 11 is 0. The third-order valence-electron chi connectivity index (χ3n) is 2.58. The van der Waals surface area contributed by atoms with Gasteiger partial charge in [0.05, 0.1) is 11.2 Å². The Hall–Kier alpha value is -1.64. The summed E-state index contributed by atoms with van der Waals surface area (Å²) in [6, 6.07) is 4.87. The Balaban J connectivity index is 3.01. The van der Waals surface area contributed by atoms with Crippen LogP contribution in [0.2, 0.25) is 0 Å². The molecule has 2 aromatic rings. The van der Waals surface area contributed by atoms with E-state index >= 15 is 0 Å². The van der Waals surface area contributed by atoms with Gasteiger partial charge in [-0.25, -0.2) is 4.39 Å². The fourth-order valence-electron chi connectivity index (χ4n) is 1.84. The fraction of sp³-hybridized carbons (Fsp3) is 0.182. The second-order valence-electron chi connectivity index (χ2n) is 3.32. The summed E-state index contributed by atoms with van der Waals surface area (Å²) in [7, 11) is 1.70. The quantitative estimate of drug-likeness (QED) is 0.634. The van der Waals surface area contributed by atoms with E-state index in [-0.39, 0.29) is 5.82 Å². The molecule has 1 aromatic heterocycles. The summed E-state index contributed by atoms with van der Waals surface area (Å²) in [6.45, 7) is 1.82. The van der Waals surface area contributed by atoms with E-state index in [2.05, 4.69) is 0 Å². The number of halogens is 1. The smallest absolute Gasteiger partial charge is 0.166 e. The van der Waals surface area contributed by atoms with E-state index in [0.717, 1.165) is 17.2 Å². The highest BCUT2D eigenvalue weighted by Gasteiger charge is 2.13. The molecular formula is C11H10FNO. The third-order valence-corrected chi connectivity index (χ3v) is 2.58. The maximum Gasteiger partial charge on any atom is 0.166 e. The normalized spacial score (nSPS) is 10.8. The van der Waals surface area contributed by atoms with E-state index in [1.807, 2.05) is 13.0 Å². The summed E-state index contributed by atoms with van der Waals surface area (Å²) in [4.78, 5) is 10.8. The number of hydrogen-bond donors (Lipinski definition) is 0. The lowest BCUT2D eigenvalue weighted by Gasteiger charge is -1.98. The molecule has 72 valence electrons. The van der Waals surface area contributed by atoms with Crippen molar-refractivity contribution in [2.45, 2.75) is 6.92 Å².